The first kappa shape index (κ1) is 18.5. The molecule has 0 saturated carbocycles. The van der Waals surface area contributed by atoms with Gasteiger partial charge in [0.1, 0.15) is 0 Å². The topological polar surface area (TPSA) is 62.3 Å². The van der Waals surface area contributed by atoms with Crippen LogP contribution in [0, 0.1) is 13.8 Å². The third-order valence-corrected chi connectivity index (χ3v) is 5.34. The van der Waals surface area contributed by atoms with Gasteiger partial charge in [-0.15, -0.1) is 0 Å². The van der Waals surface area contributed by atoms with Crippen LogP contribution in [0.2, 0.25) is 0 Å². The van der Waals surface area contributed by atoms with Crippen LogP contribution in [0.5, 0.6) is 0 Å². The Bertz CT molecular complexity index is 799. The maximum absolute atomic E-state index is 12.3. The quantitative estimate of drug-likeness (QED) is 0.817. The van der Waals surface area contributed by atoms with E-state index in [1.165, 1.54) is 11.8 Å². The van der Waals surface area contributed by atoms with Crippen LogP contribution >= 0.6 is 11.8 Å². The Morgan fingerprint density at radius 1 is 1.15 bits per heavy atom. The number of amides is 2. The summed E-state index contributed by atoms with van der Waals surface area (Å²) in [6, 6.07) is 9.58. The number of thioether (sulfide) groups is 1. The fourth-order valence-corrected chi connectivity index (χ4v) is 3.53. The van der Waals surface area contributed by atoms with Gasteiger partial charge < -0.3 is 10.2 Å². The SMILES string of the molecule is Cc1ccc(C)c(NC(=O)CSc2ccc(C(=O)N3CCCC3)cn2)c1. The van der Waals surface area contributed by atoms with Gasteiger partial charge in [-0.25, -0.2) is 4.98 Å². The number of anilines is 1. The van der Waals surface area contributed by atoms with Gasteiger partial charge in [-0.05, 0) is 56.0 Å². The van der Waals surface area contributed by atoms with Crippen LogP contribution in [0.1, 0.15) is 34.3 Å². The fraction of sp³-hybridized carbons (Fsp3) is 0.350. The van der Waals surface area contributed by atoms with Crippen LogP contribution in [0.25, 0.3) is 0 Å². The monoisotopic (exact) mass is 369 g/mol. The summed E-state index contributed by atoms with van der Waals surface area (Å²) in [6.07, 6.45) is 3.75. The number of likely N-dealkylation sites (tertiary alicyclic amines) is 1. The summed E-state index contributed by atoms with van der Waals surface area (Å²) in [4.78, 5) is 30.7. The molecule has 0 radical (unpaired) electrons. The molecule has 0 aliphatic carbocycles. The van der Waals surface area contributed by atoms with Gasteiger partial charge in [-0.3, -0.25) is 9.59 Å². The molecule has 1 aromatic heterocycles. The first-order chi connectivity index (χ1) is 12.5. The number of carbonyl (C=O) groups excluding carboxylic acids is 2. The molecule has 3 rings (SSSR count). The molecule has 1 fully saturated rings. The Morgan fingerprint density at radius 3 is 2.62 bits per heavy atom. The lowest BCUT2D eigenvalue weighted by molar-refractivity contribution is -0.113. The number of nitrogens with zero attached hydrogens (tertiary/aromatic N) is 2. The highest BCUT2D eigenvalue weighted by molar-refractivity contribution is 7.99. The maximum Gasteiger partial charge on any atom is 0.255 e. The zero-order valence-electron chi connectivity index (χ0n) is 15.1. The Balaban J connectivity index is 1.53. The standard InChI is InChI=1S/C20H23N3O2S/c1-14-5-6-15(2)17(11-14)22-18(24)13-26-19-8-7-16(12-21-19)20(25)23-9-3-4-10-23/h5-8,11-12H,3-4,9-10,13H2,1-2H3,(H,22,24). The van der Waals surface area contributed by atoms with Gasteiger partial charge >= 0.3 is 0 Å². The van der Waals surface area contributed by atoms with Gasteiger partial charge in [0.25, 0.3) is 5.91 Å². The maximum atomic E-state index is 12.3. The highest BCUT2D eigenvalue weighted by Crippen LogP contribution is 2.20. The van der Waals surface area contributed by atoms with Crippen LogP contribution < -0.4 is 5.32 Å². The normalized spacial score (nSPS) is 13.7. The highest BCUT2D eigenvalue weighted by Gasteiger charge is 2.19. The lowest BCUT2D eigenvalue weighted by Gasteiger charge is -2.14. The van der Waals surface area contributed by atoms with E-state index in [2.05, 4.69) is 10.3 Å². The smallest absolute Gasteiger partial charge is 0.255 e. The van der Waals surface area contributed by atoms with Crippen molar-refractivity contribution in [2.24, 2.45) is 0 Å². The summed E-state index contributed by atoms with van der Waals surface area (Å²) in [6.45, 7) is 5.63. The number of aromatic nitrogens is 1. The number of benzene rings is 1. The summed E-state index contributed by atoms with van der Waals surface area (Å²) < 4.78 is 0. The molecule has 1 saturated heterocycles. The van der Waals surface area contributed by atoms with Crippen molar-refractivity contribution in [1.82, 2.24) is 9.88 Å². The van der Waals surface area contributed by atoms with Crippen LogP contribution in [0.15, 0.2) is 41.6 Å². The summed E-state index contributed by atoms with van der Waals surface area (Å²) in [5.74, 6) is 0.252. The predicted octanol–water partition coefficient (Wildman–Crippen LogP) is 3.67. The summed E-state index contributed by atoms with van der Waals surface area (Å²) in [5.41, 5.74) is 3.60. The number of pyridine rings is 1. The number of carbonyl (C=O) groups is 2. The molecule has 26 heavy (non-hydrogen) atoms. The molecule has 5 nitrogen and oxygen atoms in total. The molecule has 1 aliphatic rings. The second-order valence-electron chi connectivity index (χ2n) is 6.54. The molecule has 6 heteroatoms. The molecule has 136 valence electrons. The lowest BCUT2D eigenvalue weighted by atomic mass is 10.1. The molecule has 0 unspecified atom stereocenters. The lowest BCUT2D eigenvalue weighted by Crippen LogP contribution is -2.27. The second kappa shape index (κ2) is 8.36. The summed E-state index contributed by atoms with van der Waals surface area (Å²) in [5, 5.41) is 3.67. The molecule has 0 atom stereocenters. The Hall–Kier alpha value is -2.34. The minimum Gasteiger partial charge on any atom is -0.339 e. The number of hydrogen-bond acceptors (Lipinski definition) is 4. The van der Waals surface area contributed by atoms with E-state index >= 15 is 0 Å². The number of rotatable bonds is 5. The molecular formula is C20H23N3O2S. The van der Waals surface area contributed by atoms with Crippen molar-refractivity contribution in [3.63, 3.8) is 0 Å². The van der Waals surface area contributed by atoms with E-state index in [1.54, 1.807) is 18.3 Å². The van der Waals surface area contributed by atoms with Crippen molar-refractivity contribution in [1.29, 1.82) is 0 Å². The van der Waals surface area contributed by atoms with Crippen molar-refractivity contribution in [3.8, 4) is 0 Å². The van der Waals surface area contributed by atoms with Gasteiger partial charge in [0.05, 0.1) is 16.3 Å². The molecule has 1 aliphatic heterocycles. The minimum atomic E-state index is -0.0669. The van der Waals surface area contributed by atoms with Crippen LogP contribution in [-0.4, -0.2) is 40.5 Å². The van der Waals surface area contributed by atoms with Crippen molar-refractivity contribution in [3.05, 3.63) is 53.2 Å². The van der Waals surface area contributed by atoms with Crippen LogP contribution in [0.4, 0.5) is 5.69 Å². The predicted molar refractivity (Wildman–Crippen MR) is 105 cm³/mol. The second-order valence-corrected chi connectivity index (χ2v) is 7.54. The number of nitrogens with one attached hydrogen (secondary N) is 1. The average Bonchev–Trinajstić information content (AvgIpc) is 3.17. The third kappa shape index (κ3) is 4.64. The molecule has 1 aromatic carbocycles. The third-order valence-electron chi connectivity index (χ3n) is 4.39. The van der Waals surface area contributed by atoms with Gasteiger partial charge in [0.15, 0.2) is 0 Å². The Kier molecular flexibility index (Phi) is 5.93. The van der Waals surface area contributed by atoms with E-state index in [0.717, 1.165) is 47.8 Å². The minimum absolute atomic E-state index is 0.0409. The van der Waals surface area contributed by atoms with Gasteiger partial charge in [0.2, 0.25) is 5.91 Å². The highest BCUT2D eigenvalue weighted by atomic mass is 32.2. The average molecular weight is 369 g/mol. The van der Waals surface area contributed by atoms with Crippen molar-refractivity contribution < 1.29 is 9.59 Å². The van der Waals surface area contributed by atoms with Crippen LogP contribution in [0.3, 0.4) is 0 Å². The number of hydrogen-bond donors (Lipinski definition) is 1. The molecule has 1 N–H and O–H groups in total. The molecule has 0 spiro atoms. The summed E-state index contributed by atoms with van der Waals surface area (Å²) in [7, 11) is 0. The van der Waals surface area contributed by atoms with Crippen molar-refractivity contribution >= 4 is 29.3 Å². The van der Waals surface area contributed by atoms with Gasteiger partial charge in [-0.2, -0.15) is 0 Å². The molecule has 2 amide bonds. The Labute approximate surface area is 158 Å². The molecule has 2 aromatic rings. The first-order valence-corrected chi connectivity index (χ1v) is 9.77. The zero-order chi connectivity index (χ0) is 18.5. The van der Waals surface area contributed by atoms with Crippen LogP contribution in [-0.2, 0) is 4.79 Å². The molecule has 0 bridgehead atoms. The van der Waals surface area contributed by atoms with E-state index in [-0.39, 0.29) is 17.6 Å². The van der Waals surface area contributed by atoms with Crippen molar-refractivity contribution in [2.75, 3.05) is 24.2 Å². The van der Waals surface area contributed by atoms with E-state index in [9.17, 15) is 9.59 Å². The van der Waals surface area contributed by atoms with E-state index in [1.807, 2.05) is 36.9 Å². The first-order valence-electron chi connectivity index (χ1n) is 8.78. The van der Waals surface area contributed by atoms with E-state index < -0.39 is 0 Å². The largest absolute Gasteiger partial charge is 0.339 e. The molecule has 2 heterocycles. The van der Waals surface area contributed by atoms with E-state index in [4.69, 9.17) is 0 Å². The number of aryl methyl sites for hydroxylation is 2. The van der Waals surface area contributed by atoms with E-state index in [0.29, 0.717) is 5.56 Å². The zero-order valence-corrected chi connectivity index (χ0v) is 15.9. The summed E-state index contributed by atoms with van der Waals surface area (Å²) >= 11 is 1.36. The van der Waals surface area contributed by atoms with Gasteiger partial charge in [0, 0.05) is 25.0 Å². The Morgan fingerprint density at radius 2 is 1.92 bits per heavy atom. The fourth-order valence-electron chi connectivity index (χ4n) is 2.89. The van der Waals surface area contributed by atoms with Gasteiger partial charge in [-0.1, -0.05) is 23.9 Å². The van der Waals surface area contributed by atoms with Crippen molar-refractivity contribution in [2.45, 2.75) is 31.7 Å². The molecular weight excluding hydrogens is 346 g/mol.